The maximum atomic E-state index is 8.36. The molecule has 0 aromatic carbocycles. The van der Waals surface area contributed by atoms with E-state index in [4.69, 9.17) is 16.9 Å². The molecule has 0 atom stereocenters. The molecule has 0 aliphatic rings. The molecular formula is C8H10ClN3. The SMILES string of the molecule is Cc1nn(CCC#N)c(Cl)c1C. The van der Waals surface area contributed by atoms with Crippen LogP contribution in [0.15, 0.2) is 0 Å². The molecule has 0 amide bonds. The number of rotatable bonds is 2. The van der Waals surface area contributed by atoms with Gasteiger partial charge in [0, 0.05) is 5.56 Å². The normalized spacial score (nSPS) is 9.83. The minimum absolute atomic E-state index is 0.445. The molecule has 3 nitrogen and oxygen atoms in total. The number of halogens is 1. The van der Waals surface area contributed by atoms with E-state index in [9.17, 15) is 0 Å². The third kappa shape index (κ3) is 1.59. The standard InChI is InChI=1S/C8H10ClN3/c1-6-7(2)11-12(8(6)9)5-3-4-10/h3,5H2,1-2H3. The number of aryl methyl sites for hydroxylation is 2. The van der Waals surface area contributed by atoms with Crippen molar-refractivity contribution in [3.05, 3.63) is 16.4 Å². The highest BCUT2D eigenvalue weighted by molar-refractivity contribution is 6.30. The second-order valence-electron chi connectivity index (χ2n) is 2.63. The Labute approximate surface area is 76.6 Å². The fourth-order valence-electron chi connectivity index (χ4n) is 0.947. The summed E-state index contributed by atoms with van der Waals surface area (Å²) >= 11 is 5.94. The fourth-order valence-corrected chi connectivity index (χ4v) is 1.21. The molecule has 1 rings (SSSR count). The summed E-state index contributed by atoms with van der Waals surface area (Å²) in [4.78, 5) is 0. The molecule has 1 aromatic heterocycles. The van der Waals surface area contributed by atoms with E-state index in [2.05, 4.69) is 11.2 Å². The summed E-state index contributed by atoms with van der Waals surface area (Å²) in [6.07, 6.45) is 0.445. The summed E-state index contributed by atoms with van der Waals surface area (Å²) in [6.45, 7) is 4.40. The zero-order chi connectivity index (χ0) is 9.14. The van der Waals surface area contributed by atoms with Crippen LogP contribution in [0.25, 0.3) is 0 Å². The lowest BCUT2D eigenvalue weighted by molar-refractivity contribution is 0.623. The van der Waals surface area contributed by atoms with Crippen LogP contribution in [0.4, 0.5) is 0 Å². The highest BCUT2D eigenvalue weighted by atomic mass is 35.5. The molecule has 0 saturated carbocycles. The van der Waals surface area contributed by atoms with E-state index in [0.29, 0.717) is 18.1 Å². The van der Waals surface area contributed by atoms with Crippen LogP contribution >= 0.6 is 11.6 Å². The first-order valence-electron chi connectivity index (χ1n) is 3.73. The van der Waals surface area contributed by atoms with Gasteiger partial charge in [-0.25, -0.2) is 0 Å². The molecule has 0 radical (unpaired) electrons. The van der Waals surface area contributed by atoms with Gasteiger partial charge in [0.2, 0.25) is 0 Å². The molecule has 64 valence electrons. The molecule has 0 N–H and O–H groups in total. The summed E-state index contributed by atoms with van der Waals surface area (Å²) < 4.78 is 1.66. The topological polar surface area (TPSA) is 41.6 Å². The summed E-state index contributed by atoms with van der Waals surface area (Å²) in [5.74, 6) is 0. The zero-order valence-electron chi connectivity index (χ0n) is 7.13. The van der Waals surface area contributed by atoms with E-state index >= 15 is 0 Å². The molecule has 12 heavy (non-hydrogen) atoms. The highest BCUT2D eigenvalue weighted by Gasteiger charge is 2.07. The maximum absolute atomic E-state index is 8.36. The quantitative estimate of drug-likeness (QED) is 0.705. The number of aromatic nitrogens is 2. The number of hydrogen-bond acceptors (Lipinski definition) is 2. The van der Waals surface area contributed by atoms with Crippen LogP contribution in [0.2, 0.25) is 5.15 Å². The average Bonchev–Trinajstić information content (AvgIpc) is 2.30. The Balaban J connectivity index is 2.87. The third-order valence-electron chi connectivity index (χ3n) is 1.78. The minimum atomic E-state index is 0.445. The monoisotopic (exact) mass is 183 g/mol. The van der Waals surface area contributed by atoms with E-state index in [1.807, 2.05) is 13.8 Å². The van der Waals surface area contributed by atoms with Gasteiger partial charge in [-0.05, 0) is 13.8 Å². The molecule has 0 spiro atoms. The molecule has 0 bridgehead atoms. The lowest BCUT2D eigenvalue weighted by Gasteiger charge is -1.97. The van der Waals surface area contributed by atoms with Gasteiger partial charge in [0.05, 0.1) is 24.7 Å². The Morgan fingerprint density at radius 1 is 1.58 bits per heavy atom. The second kappa shape index (κ2) is 3.59. The summed E-state index contributed by atoms with van der Waals surface area (Å²) in [5.41, 5.74) is 1.92. The highest BCUT2D eigenvalue weighted by Crippen LogP contribution is 2.17. The Hall–Kier alpha value is -1.01. The van der Waals surface area contributed by atoms with Crippen molar-refractivity contribution in [2.75, 3.05) is 0 Å². The lowest BCUT2D eigenvalue weighted by atomic mass is 10.3. The predicted octanol–water partition coefficient (Wildman–Crippen LogP) is 2.07. The van der Waals surface area contributed by atoms with Gasteiger partial charge in [-0.3, -0.25) is 4.68 Å². The Morgan fingerprint density at radius 2 is 2.25 bits per heavy atom. The van der Waals surface area contributed by atoms with E-state index in [0.717, 1.165) is 11.3 Å². The van der Waals surface area contributed by atoms with Gasteiger partial charge in [-0.2, -0.15) is 10.4 Å². The van der Waals surface area contributed by atoms with Crippen molar-refractivity contribution < 1.29 is 0 Å². The van der Waals surface area contributed by atoms with Gasteiger partial charge in [0.25, 0.3) is 0 Å². The van der Waals surface area contributed by atoms with Gasteiger partial charge in [0.1, 0.15) is 5.15 Å². The second-order valence-corrected chi connectivity index (χ2v) is 2.99. The number of hydrogen-bond donors (Lipinski definition) is 0. The van der Waals surface area contributed by atoms with Crippen LogP contribution in [0.1, 0.15) is 17.7 Å². The maximum Gasteiger partial charge on any atom is 0.130 e. The first-order valence-corrected chi connectivity index (χ1v) is 4.11. The van der Waals surface area contributed by atoms with E-state index in [1.165, 1.54) is 0 Å². The predicted molar refractivity (Wildman–Crippen MR) is 46.9 cm³/mol. The number of nitrogens with zero attached hydrogens (tertiary/aromatic N) is 3. The largest absolute Gasteiger partial charge is 0.252 e. The lowest BCUT2D eigenvalue weighted by Crippen LogP contribution is -1.99. The van der Waals surface area contributed by atoms with Crippen molar-refractivity contribution in [1.29, 1.82) is 5.26 Å². The van der Waals surface area contributed by atoms with Crippen molar-refractivity contribution in [3.63, 3.8) is 0 Å². The van der Waals surface area contributed by atoms with Crippen molar-refractivity contribution in [3.8, 4) is 6.07 Å². The van der Waals surface area contributed by atoms with Crippen LogP contribution in [0.3, 0.4) is 0 Å². The van der Waals surface area contributed by atoms with E-state index in [-0.39, 0.29) is 0 Å². The average molecular weight is 184 g/mol. The van der Waals surface area contributed by atoms with Crippen LogP contribution in [0, 0.1) is 25.2 Å². The van der Waals surface area contributed by atoms with Crippen LogP contribution in [-0.4, -0.2) is 9.78 Å². The van der Waals surface area contributed by atoms with Crippen molar-refractivity contribution in [2.45, 2.75) is 26.8 Å². The van der Waals surface area contributed by atoms with Crippen molar-refractivity contribution in [2.24, 2.45) is 0 Å². The van der Waals surface area contributed by atoms with Gasteiger partial charge in [-0.1, -0.05) is 11.6 Å². The van der Waals surface area contributed by atoms with E-state index < -0.39 is 0 Å². The molecular weight excluding hydrogens is 174 g/mol. The van der Waals surface area contributed by atoms with Gasteiger partial charge < -0.3 is 0 Å². The molecule has 4 heteroatoms. The van der Waals surface area contributed by atoms with Gasteiger partial charge in [-0.15, -0.1) is 0 Å². The Bertz CT molecular complexity index is 322. The van der Waals surface area contributed by atoms with Crippen LogP contribution in [0.5, 0.6) is 0 Å². The smallest absolute Gasteiger partial charge is 0.130 e. The van der Waals surface area contributed by atoms with E-state index in [1.54, 1.807) is 4.68 Å². The van der Waals surface area contributed by atoms with Crippen LogP contribution in [-0.2, 0) is 6.54 Å². The Morgan fingerprint density at radius 3 is 2.67 bits per heavy atom. The Kier molecular flexibility index (Phi) is 2.72. The molecule has 0 aliphatic heterocycles. The van der Waals surface area contributed by atoms with Crippen molar-refractivity contribution >= 4 is 11.6 Å². The molecule has 0 unspecified atom stereocenters. The minimum Gasteiger partial charge on any atom is -0.252 e. The first kappa shape index (κ1) is 9.08. The molecule has 1 heterocycles. The third-order valence-corrected chi connectivity index (χ3v) is 2.26. The zero-order valence-corrected chi connectivity index (χ0v) is 7.89. The fraction of sp³-hybridized carbons (Fsp3) is 0.500. The number of nitriles is 1. The van der Waals surface area contributed by atoms with Gasteiger partial charge >= 0.3 is 0 Å². The molecule has 1 aromatic rings. The molecule has 0 aliphatic carbocycles. The summed E-state index contributed by atoms with van der Waals surface area (Å²) in [5, 5.41) is 13.2. The summed E-state index contributed by atoms with van der Waals surface area (Å²) in [6, 6.07) is 2.05. The molecule has 0 saturated heterocycles. The summed E-state index contributed by atoms with van der Waals surface area (Å²) in [7, 11) is 0. The first-order chi connectivity index (χ1) is 5.66. The van der Waals surface area contributed by atoms with Crippen molar-refractivity contribution in [1.82, 2.24) is 9.78 Å². The van der Waals surface area contributed by atoms with Gasteiger partial charge in [0.15, 0.2) is 0 Å². The molecule has 0 fully saturated rings. The van der Waals surface area contributed by atoms with Crippen LogP contribution < -0.4 is 0 Å².